The molecule has 1 aliphatic heterocycles. The molecule has 2 amide bonds. The molecule has 2 fully saturated rings. The van der Waals surface area contributed by atoms with Crippen LogP contribution in [-0.4, -0.2) is 72.1 Å². The van der Waals surface area contributed by atoms with Crippen LogP contribution in [0.25, 0.3) is 11.1 Å². The van der Waals surface area contributed by atoms with E-state index in [4.69, 9.17) is 9.72 Å². The maximum atomic E-state index is 13.8. The van der Waals surface area contributed by atoms with Crippen LogP contribution in [0.15, 0.2) is 41.3 Å². The third-order valence-electron chi connectivity index (χ3n) is 9.22. The first kappa shape index (κ1) is 32.4. The van der Waals surface area contributed by atoms with Gasteiger partial charge in [0, 0.05) is 86.5 Å². The lowest BCUT2D eigenvalue weighted by atomic mass is 9.89. The van der Waals surface area contributed by atoms with Crippen molar-refractivity contribution in [2.45, 2.75) is 78.6 Å². The summed E-state index contributed by atoms with van der Waals surface area (Å²) in [5.41, 5.74) is 7.29. The summed E-state index contributed by atoms with van der Waals surface area (Å²) < 4.78 is 5.48. The van der Waals surface area contributed by atoms with Crippen LogP contribution in [0.1, 0.15) is 71.0 Å². The normalized spacial score (nSPS) is 18.8. The average molecular weight is 615 g/mol. The fourth-order valence-corrected chi connectivity index (χ4v) is 6.60. The van der Waals surface area contributed by atoms with Crippen LogP contribution in [0.2, 0.25) is 0 Å². The quantitative estimate of drug-likeness (QED) is 0.333. The Balaban J connectivity index is 1.42. The van der Waals surface area contributed by atoms with Crippen molar-refractivity contribution in [1.82, 2.24) is 25.5 Å². The molecule has 1 aromatic carbocycles. The van der Waals surface area contributed by atoms with E-state index in [1.807, 2.05) is 39.1 Å². The lowest BCUT2D eigenvalue weighted by Gasteiger charge is -2.37. The van der Waals surface area contributed by atoms with Crippen molar-refractivity contribution in [3.8, 4) is 11.1 Å². The van der Waals surface area contributed by atoms with Gasteiger partial charge >= 0.3 is 0 Å². The first-order chi connectivity index (χ1) is 21.6. The number of ether oxygens (including phenoxy) is 1. The van der Waals surface area contributed by atoms with E-state index in [9.17, 15) is 14.4 Å². The van der Waals surface area contributed by atoms with E-state index in [0.29, 0.717) is 11.1 Å². The molecular weight excluding hydrogens is 568 g/mol. The van der Waals surface area contributed by atoms with Crippen molar-refractivity contribution in [3.05, 3.63) is 80.5 Å². The minimum Gasteiger partial charge on any atom is -0.379 e. The molecule has 0 bridgehead atoms. The minimum atomic E-state index is -0.227. The highest BCUT2D eigenvalue weighted by atomic mass is 16.5. The van der Waals surface area contributed by atoms with E-state index >= 15 is 0 Å². The van der Waals surface area contributed by atoms with Crippen LogP contribution in [0.5, 0.6) is 0 Å². The summed E-state index contributed by atoms with van der Waals surface area (Å²) in [4.78, 5) is 50.2. The lowest BCUT2D eigenvalue weighted by molar-refractivity contribution is -0.119. The van der Waals surface area contributed by atoms with Gasteiger partial charge in [0.1, 0.15) is 0 Å². The van der Waals surface area contributed by atoms with Gasteiger partial charge in [-0.25, -0.2) is 0 Å². The molecule has 5 rings (SSSR count). The summed E-state index contributed by atoms with van der Waals surface area (Å²) in [5, 5.41) is 6.08. The molecule has 45 heavy (non-hydrogen) atoms. The number of carbonyl (C=O) groups excluding carboxylic acids is 2. The number of aromatic nitrogens is 2. The Morgan fingerprint density at radius 3 is 2.42 bits per heavy atom. The van der Waals surface area contributed by atoms with Crippen molar-refractivity contribution >= 4 is 17.5 Å². The molecular formula is C35H46N6O4. The van der Waals surface area contributed by atoms with Crippen molar-refractivity contribution in [2.75, 3.05) is 38.3 Å². The number of H-pyrrole nitrogens is 1. The number of nitrogens with zero attached hydrogens (tertiary/aromatic N) is 3. The smallest absolute Gasteiger partial charge is 0.253 e. The van der Waals surface area contributed by atoms with Gasteiger partial charge in [-0.3, -0.25) is 24.3 Å². The maximum Gasteiger partial charge on any atom is 0.253 e. The number of aryl methyl sites for hydroxylation is 2. The van der Waals surface area contributed by atoms with Gasteiger partial charge in [0.2, 0.25) is 5.91 Å². The zero-order valence-electron chi connectivity index (χ0n) is 27.2. The molecule has 1 saturated heterocycles. The van der Waals surface area contributed by atoms with Gasteiger partial charge in [0.15, 0.2) is 0 Å². The van der Waals surface area contributed by atoms with Crippen LogP contribution < -0.4 is 21.1 Å². The number of pyridine rings is 2. The fraction of sp³-hybridized carbons (Fsp3) is 0.486. The van der Waals surface area contributed by atoms with Crippen molar-refractivity contribution in [2.24, 2.45) is 0 Å². The Morgan fingerprint density at radius 2 is 1.78 bits per heavy atom. The van der Waals surface area contributed by atoms with Crippen molar-refractivity contribution in [1.29, 1.82) is 0 Å². The largest absolute Gasteiger partial charge is 0.379 e. The summed E-state index contributed by atoms with van der Waals surface area (Å²) in [6.45, 7) is 11.5. The number of carbonyl (C=O) groups is 2. The van der Waals surface area contributed by atoms with Crippen LogP contribution in [0.4, 0.5) is 5.69 Å². The van der Waals surface area contributed by atoms with Gasteiger partial charge in [-0.1, -0.05) is 6.07 Å². The number of anilines is 1. The van der Waals surface area contributed by atoms with Gasteiger partial charge in [0.25, 0.3) is 11.5 Å². The molecule has 3 heterocycles. The van der Waals surface area contributed by atoms with E-state index in [2.05, 4.69) is 50.7 Å². The first-order valence-corrected chi connectivity index (χ1v) is 16.0. The second-order valence-electron chi connectivity index (χ2n) is 12.5. The van der Waals surface area contributed by atoms with Gasteiger partial charge in [-0.15, -0.1) is 0 Å². The van der Waals surface area contributed by atoms with Gasteiger partial charge in [-0.05, 0) is 87.4 Å². The molecule has 1 saturated carbocycles. The summed E-state index contributed by atoms with van der Waals surface area (Å²) in [7, 11) is 2.09. The highest BCUT2D eigenvalue weighted by Crippen LogP contribution is 2.34. The van der Waals surface area contributed by atoms with Gasteiger partial charge in [0.05, 0.1) is 18.9 Å². The molecule has 0 unspecified atom stereocenters. The van der Waals surface area contributed by atoms with Gasteiger partial charge in [-0.2, -0.15) is 0 Å². The van der Waals surface area contributed by atoms with Gasteiger partial charge < -0.3 is 25.3 Å². The van der Waals surface area contributed by atoms with E-state index in [0.717, 1.165) is 97.9 Å². The summed E-state index contributed by atoms with van der Waals surface area (Å²) >= 11 is 0. The summed E-state index contributed by atoms with van der Waals surface area (Å²) in [5.74, 6) is -0.215. The predicted octanol–water partition coefficient (Wildman–Crippen LogP) is 4.01. The van der Waals surface area contributed by atoms with Crippen molar-refractivity contribution < 1.29 is 14.3 Å². The van der Waals surface area contributed by atoms with Crippen LogP contribution in [-0.2, 0) is 22.6 Å². The molecule has 10 heteroatoms. The molecule has 0 spiro atoms. The molecule has 3 N–H and O–H groups in total. The Labute approximate surface area is 265 Å². The second kappa shape index (κ2) is 14.4. The van der Waals surface area contributed by atoms with E-state index < -0.39 is 0 Å². The van der Waals surface area contributed by atoms with E-state index in [1.165, 1.54) is 0 Å². The minimum absolute atomic E-state index is 0.0124. The first-order valence-electron chi connectivity index (χ1n) is 16.0. The topological polar surface area (TPSA) is 120 Å². The molecule has 1 aliphatic carbocycles. The molecule has 0 atom stereocenters. The molecule has 0 radical (unpaired) electrons. The summed E-state index contributed by atoms with van der Waals surface area (Å²) in [6, 6.07) is 10.6. The number of hydrogen-bond donors (Lipinski definition) is 3. The highest BCUT2D eigenvalue weighted by molar-refractivity contribution is 5.99. The fourth-order valence-electron chi connectivity index (χ4n) is 6.60. The molecule has 240 valence electrons. The molecule has 3 aromatic rings. The zero-order chi connectivity index (χ0) is 32.1. The third kappa shape index (κ3) is 7.99. The monoisotopic (exact) mass is 614 g/mol. The zero-order valence-corrected chi connectivity index (χ0v) is 27.2. The van der Waals surface area contributed by atoms with Crippen LogP contribution in [0, 0.1) is 20.8 Å². The number of benzene rings is 1. The Morgan fingerprint density at radius 1 is 1.04 bits per heavy atom. The average Bonchev–Trinajstić information content (AvgIpc) is 3.01. The highest BCUT2D eigenvalue weighted by Gasteiger charge is 2.27. The predicted molar refractivity (Wildman–Crippen MR) is 176 cm³/mol. The number of rotatable bonds is 9. The van der Waals surface area contributed by atoms with Crippen LogP contribution >= 0.6 is 0 Å². The molecule has 2 aliphatic rings. The second-order valence-corrected chi connectivity index (χ2v) is 12.5. The lowest BCUT2D eigenvalue weighted by Crippen LogP contribution is -2.42. The SMILES string of the molecule is CC(=O)NC1CCC(N(C)c2cc(-c3ccc(CN4CCOCC4)nc3)cc(C(=O)NCc3c(C)cc(C)[nH]c3=O)c2C)CC1. The number of hydrogen-bond acceptors (Lipinski definition) is 7. The third-order valence-corrected chi connectivity index (χ3v) is 9.22. The number of nitrogens with one attached hydrogen (secondary N) is 3. The maximum absolute atomic E-state index is 13.8. The Bertz CT molecular complexity index is 1570. The molecule has 2 aromatic heterocycles. The molecule has 10 nitrogen and oxygen atoms in total. The van der Waals surface area contributed by atoms with Crippen molar-refractivity contribution in [3.63, 3.8) is 0 Å². The van der Waals surface area contributed by atoms with E-state index in [1.54, 1.807) is 6.92 Å². The number of aromatic amines is 1. The Kier molecular flexibility index (Phi) is 10.4. The standard InChI is InChI=1S/C35H46N6O4/c1-22-16-23(2)38-35(44)32(22)20-37-34(43)31-17-27(26-6-7-29(36-19-26)21-41-12-14-45-15-13-41)18-33(24(31)3)40(5)30-10-8-28(9-11-30)39-25(4)42/h6-7,16-19,28,30H,8-15,20-21H2,1-5H3,(H,37,43)(H,38,44)(H,39,42). The number of morpholine rings is 1. The Hall–Kier alpha value is -4.02. The summed E-state index contributed by atoms with van der Waals surface area (Å²) in [6.07, 6.45) is 5.61. The number of amides is 2. The van der Waals surface area contributed by atoms with Crippen LogP contribution in [0.3, 0.4) is 0 Å². The van der Waals surface area contributed by atoms with E-state index in [-0.39, 0.29) is 36.0 Å².